The minimum Gasteiger partial charge on any atom is -0.387 e. The average molecular weight is 1070 g/mol. The summed E-state index contributed by atoms with van der Waals surface area (Å²) in [4.78, 5) is 79.1. The Morgan fingerprint density at radius 1 is 0.971 bits per heavy atom. The Labute approximate surface area is 416 Å². The molecule has 0 bridgehead atoms. The SMILES string of the molecule is CC(=O)Nc1cccc(-n2c(=O)n(C3CC3)c(=O)c3c(Nc4ccc(I)cc4F)n(C)c(=O)c(C)c32)c1.CC(C)NCC(C(=O)N1CCN(c2ncnc3c2C(C)CC3O)CC1)c1ccc(Cl)cc1. The molecule has 3 atom stereocenters. The summed E-state index contributed by atoms with van der Waals surface area (Å²) in [5.41, 5.74) is 2.44. The van der Waals surface area contributed by atoms with Crippen LogP contribution in [0.5, 0.6) is 0 Å². The Hall–Kier alpha value is -5.96. The van der Waals surface area contributed by atoms with Gasteiger partial charge in [0, 0.05) is 84.2 Å². The number of amides is 2. The highest BCUT2D eigenvalue weighted by atomic mass is 127. The number of benzene rings is 3. The highest BCUT2D eigenvalue weighted by molar-refractivity contribution is 14.1. The lowest BCUT2D eigenvalue weighted by atomic mass is 9.96. The Kier molecular flexibility index (Phi) is 14.7. The second-order valence-corrected chi connectivity index (χ2v) is 19.9. The predicted octanol–water partition coefficient (Wildman–Crippen LogP) is 7.04. The molecule has 1 saturated heterocycles. The van der Waals surface area contributed by atoms with Crippen LogP contribution in [0.3, 0.4) is 0 Å². The number of hydrogen-bond acceptors (Lipinski definition) is 11. The first-order chi connectivity index (χ1) is 32.9. The zero-order valence-electron chi connectivity index (χ0n) is 39.2. The van der Waals surface area contributed by atoms with Crippen LogP contribution < -0.4 is 37.7 Å². The molecule has 1 aliphatic heterocycles. The van der Waals surface area contributed by atoms with Gasteiger partial charge >= 0.3 is 5.69 Å². The van der Waals surface area contributed by atoms with E-state index in [4.69, 9.17) is 11.6 Å². The maximum atomic E-state index is 14.8. The van der Waals surface area contributed by atoms with Crippen molar-refractivity contribution in [2.45, 2.75) is 83.9 Å². The first-order valence-corrected chi connectivity index (χ1v) is 24.4. The fourth-order valence-corrected chi connectivity index (χ4v) is 9.79. The molecule has 3 aromatic carbocycles. The summed E-state index contributed by atoms with van der Waals surface area (Å²) in [7, 11) is 1.50. The maximum absolute atomic E-state index is 14.8. The van der Waals surface area contributed by atoms with Crippen molar-refractivity contribution in [3.8, 4) is 5.69 Å². The lowest BCUT2D eigenvalue weighted by Crippen LogP contribution is -2.51. The zero-order valence-corrected chi connectivity index (χ0v) is 42.1. The number of anilines is 4. The number of nitrogens with one attached hydrogen (secondary N) is 3. The third kappa shape index (κ3) is 10.3. The van der Waals surface area contributed by atoms with E-state index in [0.29, 0.717) is 78.0 Å². The molecule has 3 unspecified atom stereocenters. The molecule has 19 heteroatoms. The molecule has 362 valence electrons. The highest BCUT2D eigenvalue weighted by Crippen LogP contribution is 2.43. The number of hydrogen-bond donors (Lipinski definition) is 4. The van der Waals surface area contributed by atoms with Gasteiger partial charge in [-0.1, -0.05) is 50.6 Å². The lowest BCUT2D eigenvalue weighted by molar-refractivity contribution is -0.133. The number of piperazine rings is 1. The molecule has 2 aliphatic carbocycles. The van der Waals surface area contributed by atoms with Gasteiger partial charge in [0.25, 0.3) is 11.1 Å². The summed E-state index contributed by atoms with van der Waals surface area (Å²) in [6.07, 6.45) is 3.06. The molecule has 9 rings (SSSR count). The van der Waals surface area contributed by atoms with Crippen LogP contribution in [0, 0.1) is 16.3 Å². The Morgan fingerprint density at radius 2 is 1.68 bits per heavy atom. The van der Waals surface area contributed by atoms with Crippen LogP contribution in [-0.2, 0) is 16.6 Å². The fourth-order valence-electron chi connectivity index (χ4n) is 9.21. The normalized spacial score (nSPS) is 17.1. The van der Waals surface area contributed by atoms with E-state index in [2.05, 4.69) is 51.6 Å². The summed E-state index contributed by atoms with van der Waals surface area (Å²) < 4.78 is 19.3. The Balaban J connectivity index is 0.000000188. The monoisotopic (exact) mass is 1070 g/mol. The first kappa shape index (κ1) is 49.5. The molecule has 0 spiro atoms. The van der Waals surface area contributed by atoms with Gasteiger partial charge in [0.15, 0.2) is 0 Å². The van der Waals surface area contributed by atoms with Crippen LogP contribution in [0.15, 0.2) is 87.4 Å². The van der Waals surface area contributed by atoms with E-state index >= 15 is 0 Å². The molecule has 2 fully saturated rings. The summed E-state index contributed by atoms with van der Waals surface area (Å²) >= 11 is 8.05. The highest BCUT2D eigenvalue weighted by Gasteiger charge is 2.36. The van der Waals surface area contributed by atoms with Gasteiger partial charge in [0.2, 0.25) is 11.8 Å². The number of carbonyl (C=O) groups excluding carboxylic acids is 2. The smallest absolute Gasteiger partial charge is 0.336 e. The molecule has 4 heterocycles. The van der Waals surface area contributed by atoms with Gasteiger partial charge in [0.1, 0.15) is 29.2 Å². The quantitative estimate of drug-likeness (QED) is 0.0975. The first-order valence-electron chi connectivity index (χ1n) is 23.0. The minimum absolute atomic E-state index is 0.0804. The number of rotatable bonds is 11. The van der Waals surface area contributed by atoms with Gasteiger partial charge in [-0.3, -0.25) is 32.9 Å². The number of aromatic nitrogens is 5. The fraction of sp³-hybridized carbons (Fsp3) is 0.380. The van der Waals surface area contributed by atoms with Crippen molar-refractivity contribution in [3.63, 3.8) is 0 Å². The third-order valence-electron chi connectivity index (χ3n) is 12.8. The van der Waals surface area contributed by atoms with Crippen molar-refractivity contribution >= 4 is 79.9 Å². The van der Waals surface area contributed by atoms with E-state index < -0.39 is 28.7 Å². The van der Waals surface area contributed by atoms with Crippen molar-refractivity contribution < 1.29 is 19.1 Å². The van der Waals surface area contributed by atoms with E-state index in [9.17, 15) is 33.5 Å². The van der Waals surface area contributed by atoms with E-state index in [1.54, 1.807) is 43.6 Å². The van der Waals surface area contributed by atoms with Gasteiger partial charge in [-0.05, 0) is 109 Å². The largest absolute Gasteiger partial charge is 0.387 e. The summed E-state index contributed by atoms with van der Waals surface area (Å²) in [6.45, 7) is 12.5. The molecule has 3 aliphatic rings. The van der Waals surface area contributed by atoms with Crippen LogP contribution in [0.2, 0.25) is 5.02 Å². The Bertz CT molecular complexity index is 3130. The molecular formula is C50H55ClFIN10O6. The van der Waals surface area contributed by atoms with E-state index in [1.807, 2.05) is 51.8 Å². The second kappa shape index (κ2) is 20.6. The van der Waals surface area contributed by atoms with Gasteiger partial charge < -0.3 is 30.9 Å². The number of fused-ring (bicyclic) bond motifs is 2. The molecule has 4 N–H and O–H groups in total. The number of carbonyl (C=O) groups is 2. The number of halogens is 3. The van der Waals surface area contributed by atoms with Crippen LogP contribution in [0.25, 0.3) is 16.6 Å². The summed E-state index contributed by atoms with van der Waals surface area (Å²) in [5.74, 6) is 0.267. The number of pyridine rings is 1. The van der Waals surface area contributed by atoms with Crippen molar-refractivity contribution in [1.82, 2.24) is 33.9 Å². The topological polar surface area (TPSA) is 189 Å². The van der Waals surface area contributed by atoms with E-state index in [0.717, 1.165) is 22.6 Å². The molecule has 2 amide bonds. The van der Waals surface area contributed by atoms with Gasteiger partial charge in [-0.2, -0.15) is 0 Å². The molecule has 0 radical (unpaired) electrons. The lowest BCUT2D eigenvalue weighted by Gasteiger charge is -2.38. The van der Waals surface area contributed by atoms with Crippen molar-refractivity contribution in [3.05, 3.63) is 141 Å². The van der Waals surface area contributed by atoms with Gasteiger partial charge in [-0.15, -0.1) is 0 Å². The molecular weight excluding hydrogens is 1020 g/mol. The summed E-state index contributed by atoms with van der Waals surface area (Å²) in [5, 5.41) is 20.1. The van der Waals surface area contributed by atoms with E-state index in [1.165, 1.54) is 39.8 Å². The number of aliphatic hydroxyl groups excluding tert-OH is 1. The molecule has 16 nitrogen and oxygen atoms in total. The second-order valence-electron chi connectivity index (χ2n) is 18.2. The third-order valence-corrected chi connectivity index (χ3v) is 13.8. The number of aryl methyl sites for hydroxylation is 1. The van der Waals surface area contributed by atoms with Gasteiger partial charge in [0.05, 0.1) is 34.6 Å². The standard InChI is InChI=1S/C26H23FIN5O4.C24H32ClN5O2/c1-13-22-21(23(31(3)24(13)35)30-20-10-7-15(28)11-19(20)27)25(36)33(17-8-9-17)26(37)32(22)18-6-4-5-16(12-18)29-14(2)34;1-15(2)26-13-19(17-4-6-18(25)7-5-17)24(32)30-10-8-29(9-11-30)23-21-16(3)12-20(31)22(21)27-14-28-23/h4-7,10-12,17,30H,8-9H2,1-3H3,(H,29,34);4-7,14-16,19-20,26,31H,8-13H2,1-3H3. The van der Waals surface area contributed by atoms with Crippen LogP contribution >= 0.6 is 34.2 Å². The minimum atomic E-state index is -0.581. The van der Waals surface area contributed by atoms with Crippen LogP contribution in [0.1, 0.15) is 93.3 Å². The Morgan fingerprint density at radius 3 is 2.33 bits per heavy atom. The molecule has 1 saturated carbocycles. The van der Waals surface area contributed by atoms with Crippen LogP contribution in [-0.4, -0.2) is 84.3 Å². The van der Waals surface area contributed by atoms with Crippen molar-refractivity contribution in [2.24, 2.45) is 7.05 Å². The van der Waals surface area contributed by atoms with Gasteiger partial charge in [-0.25, -0.2) is 19.2 Å². The molecule has 3 aromatic heterocycles. The maximum Gasteiger partial charge on any atom is 0.336 e. The number of aliphatic hydroxyl groups is 1. The van der Waals surface area contributed by atoms with E-state index in [-0.39, 0.29) is 57.7 Å². The average Bonchev–Trinajstić information content (AvgIpc) is 4.11. The van der Waals surface area contributed by atoms with Crippen molar-refractivity contribution in [1.29, 1.82) is 0 Å². The number of nitrogens with zero attached hydrogens (tertiary/aromatic N) is 7. The molecule has 6 aromatic rings. The van der Waals surface area contributed by atoms with Crippen LogP contribution in [0.4, 0.5) is 27.4 Å². The molecule has 69 heavy (non-hydrogen) atoms. The zero-order chi connectivity index (χ0) is 49.4. The van der Waals surface area contributed by atoms with Crippen molar-refractivity contribution in [2.75, 3.05) is 48.3 Å². The predicted molar refractivity (Wildman–Crippen MR) is 275 cm³/mol. The summed E-state index contributed by atoms with van der Waals surface area (Å²) in [6, 6.07) is 18.8.